The molecule has 1 aliphatic heterocycles. The number of hydrogen-bond acceptors (Lipinski definition) is 4. The predicted octanol–water partition coefficient (Wildman–Crippen LogP) is 2.38. The van der Waals surface area contributed by atoms with E-state index in [0.717, 1.165) is 10.9 Å². The Morgan fingerprint density at radius 1 is 1.09 bits per heavy atom. The van der Waals surface area contributed by atoms with Gasteiger partial charge in [0.05, 0.1) is 13.0 Å². The molecular formula is C16H19BrN2O4. The van der Waals surface area contributed by atoms with Crippen LogP contribution in [-0.4, -0.2) is 47.5 Å². The number of ether oxygens (including phenoxy) is 1. The van der Waals surface area contributed by atoms with E-state index in [0.29, 0.717) is 25.3 Å². The van der Waals surface area contributed by atoms with Gasteiger partial charge >= 0.3 is 5.97 Å². The van der Waals surface area contributed by atoms with Crippen LogP contribution in [0.15, 0.2) is 28.7 Å². The van der Waals surface area contributed by atoms with Crippen molar-refractivity contribution in [2.24, 2.45) is 0 Å². The molecule has 0 aromatic heterocycles. The third-order valence-electron chi connectivity index (χ3n) is 3.49. The van der Waals surface area contributed by atoms with E-state index < -0.39 is 5.97 Å². The third-order valence-corrected chi connectivity index (χ3v) is 4.02. The van der Waals surface area contributed by atoms with Gasteiger partial charge in [-0.3, -0.25) is 19.4 Å². The molecule has 0 N–H and O–H groups in total. The van der Waals surface area contributed by atoms with Crippen molar-refractivity contribution < 1.29 is 19.1 Å². The van der Waals surface area contributed by atoms with E-state index >= 15 is 0 Å². The van der Waals surface area contributed by atoms with Crippen LogP contribution in [0.2, 0.25) is 0 Å². The van der Waals surface area contributed by atoms with Crippen LogP contribution in [0.1, 0.15) is 36.5 Å². The standard InChI is InChI=1S/C16H19BrN2O4/c1-2-23-15(21)9-8-14(20)18-10-3-11-19(18)16(22)12-4-6-13(17)7-5-12/h4-7H,2-3,8-11H2,1H3. The van der Waals surface area contributed by atoms with Crippen LogP contribution in [0, 0.1) is 0 Å². The molecule has 124 valence electrons. The smallest absolute Gasteiger partial charge is 0.306 e. The minimum absolute atomic E-state index is 0.0312. The van der Waals surface area contributed by atoms with Crippen molar-refractivity contribution in [3.8, 4) is 0 Å². The maximum atomic E-state index is 12.5. The molecule has 2 amide bonds. The molecule has 0 saturated carbocycles. The van der Waals surface area contributed by atoms with Crippen molar-refractivity contribution in [2.75, 3.05) is 19.7 Å². The zero-order valence-electron chi connectivity index (χ0n) is 13.0. The topological polar surface area (TPSA) is 66.9 Å². The highest BCUT2D eigenvalue weighted by molar-refractivity contribution is 9.10. The summed E-state index contributed by atoms with van der Waals surface area (Å²) in [5.74, 6) is -0.841. The molecular weight excluding hydrogens is 364 g/mol. The van der Waals surface area contributed by atoms with Gasteiger partial charge in [0.25, 0.3) is 5.91 Å². The molecule has 1 aromatic rings. The largest absolute Gasteiger partial charge is 0.466 e. The molecule has 1 heterocycles. The number of halogens is 1. The zero-order chi connectivity index (χ0) is 16.8. The van der Waals surface area contributed by atoms with Crippen LogP contribution in [0.25, 0.3) is 0 Å². The molecule has 2 rings (SSSR count). The minimum Gasteiger partial charge on any atom is -0.466 e. The van der Waals surface area contributed by atoms with Crippen LogP contribution in [0.4, 0.5) is 0 Å². The van der Waals surface area contributed by atoms with Gasteiger partial charge in [-0.05, 0) is 37.6 Å². The Morgan fingerprint density at radius 3 is 2.39 bits per heavy atom. The Morgan fingerprint density at radius 2 is 1.74 bits per heavy atom. The highest BCUT2D eigenvalue weighted by Gasteiger charge is 2.31. The van der Waals surface area contributed by atoms with Gasteiger partial charge in [-0.1, -0.05) is 15.9 Å². The van der Waals surface area contributed by atoms with Crippen molar-refractivity contribution in [1.29, 1.82) is 0 Å². The minimum atomic E-state index is -0.397. The number of amides is 2. The number of rotatable bonds is 5. The first-order valence-electron chi connectivity index (χ1n) is 7.56. The molecule has 6 nitrogen and oxygen atoms in total. The van der Waals surface area contributed by atoms with Gasteiger partial charge in [-0.15, -0.1) is 0 Å². The maximum absolute atomic E-state index is 12.5. The normalized spacial score (nSPS) is 14.0. The van der Waals surface area contributed by atoms with Crippen molar-refractivity contribution in [3.05, 3.63) is 34.3 Å². The van der Waals surface area contributed by atoms with E-state index in [4.69, 9.17) is 4.74 Å². The maximum Gasteiger partial charge on any atom is 0.306 e. The highest BCUT2D eigenvalue weighted by Crippen LogP contribution is 2.18. The molecule has 0 atom stereocenters. The number of hydrogen-bond donors (Lipinski definition) is 0. The Balaban J connectivity index is 1.99. The van der Waals surface area contributed by atoms with Gasteiger partial charge in [0.1, 0.15) is 0 Å². The summed E-state index contributed by atoms with van der Waals surface area (Å²) in [7, 11) is 0. The molecule has 1 aliphatic rings. The molecule has 1 fully saturated rings. The summed E-state index contributed by atoms with van der Waals surface area (Å²) in [6.45, 7) is 3.01. The Hall–Kier alpha value is -1.89. The van der Waals surface area contributed by atoms with Crippen molar-refractivity contribution in [1.82, 2.24) is 10.0 Å². The monoisotopic (exact) mass is 382 g/mol. The molecule has 7 heteroatoms. The van der Waals surface area contributed by atoms with E-state index in [2.05, 4.69) is 15.9 Å². The number of nitrogens with zero attached hydrogens (tertiary/aromatic N) is 2. The second-order valence-electron chi connectivity index (χ2n) is 5.11. The van der Waals surface area contributed by atoms with Crippen LogP contribution in [0.5, 0.6) is 0 Å². The first-order chi connectivity index (χ1) is 11.0. The SMILES string of the molecule is CCOC(=O)CCC(=O)N1CCCN1C(=O)c1ccc(Br)cc1. The average Bonchev–Trinajstić information content (AvgIpc) is 3.02. The number of hydrazine groups is 1. The lowest BCUT2D eigenvalue weighted by Crippen LogP contribution is -2.44. The fourth-order valence-electron chi connectivity index (χ4n) is 2.39. The Labute approximate surface area is 143 Å². The van der Waals surface area contributed by atoms with E-state index in [1.807, 2.05) is 0 Å². The lowest BCUT2D eigenvalue weighted by molar-refractivity contribution is -0.148. The summed E-state index contributed by atoms with van der Waals surface area (Å²) in [5.41, 5.74) is 0.526. The number of benzene rings is 1. The molecule has 0 spiro atoms. The van der Waals surface area contributed by atoms with Crippen molar-refractivity contribution in [3.63, 3.8) is 0 Å². The quantitative estimate of drug-likeness (QED) is 0.733. The second-order valence-corrected chi connectivity index (χ2v) is 6.03. The van der Waals surface area contributed by atoms with E-state index in [1.54, 1.807) is 31.2 Å². The molecule has 0 unspecified atom stereocenters. The summed E-state index contributed by atoms with van der Waals surface area (Å²) in [6.07, 6.45) is 0.805. The van der Waals surface area contributed by atoms with Crippen LogP contribution in [-0.2, 0) is 14.3 Å². The van der Waals surface area contributed by atoms with Gasteiger partial charge in [0.15, 0.2) is 0 Å². The average molecular weight is 383 g/mol. The molecule has 1 aromatic carbocycles. The third kappa shape index (κ3) is 4.54. The molecule has 0 aliphatic carbocycles. The summed E-state index contributed by atoms with van der Waals surface area (Å²) >= 11 is 3.33. The van der Waals surface area contributed by atoms with Gasteiger partial charge in [0, 0.05) is 29.5 Å². The summed E-state index contributed by atoms with van der Waals surface area (Å²) in [4.78, 5) is 36.2. The highest BCUT2D eigenvalue weighted by atomic mass is 79.9. The van der Waals surface area contributed by atoms with Gasteiger partial charge in [0.2, 0.25) is 5.91 Å². The van der Waals surface area contributed by atoms with Crippen LogP contribution >= 0.6 is 15.9 Å². The number of carbonyl (C=O) groups is 3. The Kier molecular flexibility index (Phi) is 6.15. The van der Waals surface area contributed by atoms with E-state index in [-0.39, 0.29) is 24.7 Å². The molecule has 0 bridgehead atoms. The fourth-order valence-corrected chi connectivity index (χ4v) is 2.66. The second kappa shape index (κ2) is 8.10. The van der Waals surface area contributed by atoms with Crippen molar-refractivity contribution in [2.45, 2.75) is 26.2 Å². The summed E-state index contributed by atoms with van der Waals surface area (Å²) in [5, 5.41) is 2.89. The zero-order valence-corrected chi connectivity index (χ0v) is 14.5. The van der Waals surface area contributed by atoms with Crippen LogP contribution in [0.3, 0.4) is 0 Å². The van der Waals surface area contributed by atoms with Gasteiger partial charge in [-0.25, -0.2) is 5.01 Å². The molecule has 0 radical (unpaired) electrons. The first-order valence-corrected chi connectivity index (χ1v) is 8.35. The molecule has 1 saturated heterocycles. The number of carbonyl (C=O) groups excluding carboxylic acids is 3. The van der Waals surface area contributed by atoms with E-state index in [9.17, 15) is 14.4 Å². The summed E-state index contributed by atoms with van der Waals surface area (Å²) < 4.78 is 5.70. The van der Waals surface area contributed by atoms with Crippen LogP contribution < -0.4 is 0 Å². The van der Waals surface area contributed by atoms with Gasteiger partial charge in [-0.2, -0.15) is 0 Å². The van der Waals surface area contributed by atoms with Crippen molar-refractivity contribution >= 4 is 33.7 Å². The summed E-state index contributed by atoms with van der Waals surface area (Å²) in [6, 6.07) is 7.00. The van der Waals surface area contributed by atoms with E-state index in [1.165, 1.54) is 10.0 Å². The first kappa shape index (κ1) is 17.5. The lowest BCUT2D eigenvalue weighted by atomic mass is 10.2. The predicted molar refractivity (Wildman–Crippen MR) is 87.4 cm³/mol. The fraction of sp³-hybridized carbons (Fsp3) is 0.438. The number of esters is 1. The Bertz CT molecular complexity index is 588. The lowest BCUT2D eigenvalue weighted by Gasteiger charge is -2.28. The molecule has 23 heavy (non-hydrogen) atoms. The van der Waals surface area contributed by atoms with Gasteiger partial charge < -0.3 is 4.74 Å².